The van der Waals surface area contributed by atoms with Gasteiger partial charge in [0.2, 0.25) is 0 Å². The van der Waals surface area contributed by atoms with E-state index in [1.165, 1.54) is 12.3 Å². The van der Waals surface area contributed by atoms with E-state index in [4.69, 9.17) is 16.0 Å². The van der Waals surface area contributed by atoms with E-state index in [9.17, 15) is 9.50 Å². The maximum atomic E-state index is 13.3. The number of hydrogen-bond acceptors (Lipinski definition) is 2. The molecule has 0 spiro atoms. The summed E-state index contributed by atoms with van der Waals surface area (Å²) in [5, 5.41) is 10.5. The maximum absolute atomic E-state index is 13.3. The van der Waals surface area contributed by atoms with Crippen molar-refractivity contribution in [2.24, 2.45) is 0 Å². The van der Waals surface area contributed by atoms with Crippen LogP contribution in [-0.4, -0.2) is 5.11 Å². The molecule has 2 rings (SSSR count). The molecule has 1 N–H and O–H groups in total. The van der Waals surface area contributed by atoms with Gasteiger partial charge in [0, 0.05) is 22.6 Å². The van der Waals surface area contributed by atoms with Gasteiger partial charge in [-0.2, -0.15) is 0 Å². The lowest BCUT2D eigenvalue weighted by Gasteiger charge is -2.14. The van der Waals surface area contributed by atoms with Gasteiger partial charge in [-0.25, -0.2) is 4.39 Å². The van der Waals surface area contributed by atoms with Crippen LogP contribution in [0.5, 0.6) is 0 Å². The lowest BCUT2D eigenvalue weighted by Crippen LogP contribution is -2.03. The summed E-state index contributed by atoms with van der Waals surface area (Å²) in [7, 11) is 0. The maximum Gasteiger partial charge on any atom is 0.127 e. The second-order valence-corrected chi connectivity index (χ2v) is 4.59. The van der Waals surface area contributed by atoms with E-state index in [-0.39, 0.29) is 10.8 Å². The molecule has 2 aromatic rings. The molecular formula is C14H14ClFO2. The second kappa shape index (κ2) is 5.12. The topological polar surface area (TPSA) is 33.4 Å². The van der Waals surface area contributed by atoms with Crippen LogP contribution in [0.25, 0.3) is 0 Å². The molecule has 96 valence electrons. The zero-order valence-corrected chi connectivity index (χ0v) is 11.0. The lowest BCUT2D eigenvalue weighted by molar-refractivity contribution is 0.217. The highest BCUT2D eigenvalue weighted by atomic mass is 35.5. The van der Waals surface area contributed by atoms with Gasteiger partial charge in [0.15, 0.2) is 0 Å². The molecule has 0 aliphatic carbocycles. The fourth-order valence-electron chi connectivity index (χ4n) is 1.94. The largest absolute Gasteiger partial charge is 0.469 e. The van der Waals surface area contributed by atoms with Crippen LogP contribution in [0, 0.1) is 12.7 Å². The van der Waals surface area contributed by atoms with Gasteiger partial charge >= 0.3 is 0 Å². The minimum absolute atomic E-state index is 0.217. The van der Waals surface area contributed by atoms with Gasteiger partial charge < -0.3 is 9.52 Å². The molecule has 1 aromatic carbocycles. The summed E-state index contributed by atoms with van der Waals surface area (Å²) >= 11 is 5.98. The quantitative estimate of drug-likeness (QED) is 0.912. The fourth-order valence-corrected chi connectivity index (χ4v) is 2.19. The molecule has 0 amide bonds. The molecule has 0 saturated carbocycles. The van der Waals surface area contributed by atoms with Crippen molar-refractivity contribution in [3.8, 4) is 0 Å². The van der Waals surface area contributed by atoms with E-state index < -0.39 is 6.10 Å². The number of furan rings is 1. The number of benzene rings is 1. The van der Waals surface area contributed by atoms with E-state index >= 15 is 0 Å². The SMILES string of the molecule is CCc1occc1C(O)c1cc(C)c(F)cc1Cl. The minimum atomic E-state index is -0.898. The highest BCUT2D eigenvalue weighted by Gasteiger charge is 2.20. The summed E-state index contributed by atoms with van der Waals surface area (Å²) in [6.07, 6.45) is 1.31. The average Bonchev–Trinajstić information content (AvgIpc) is 2.81. The number of rotatable bonds is 3. The van der Waals surface area contributed by atoms with E-state index in [2.05, 4.69) is 0 Å². The Morgan fingerprint density at radius 1 is 1.39 bits per heavy atom. The number of hydrogen-bond donors (Lipinski definition) is 1. The molecule has 0 radical (unpaired) electrons. The van der Waals surface area contributed by atoms with E-state index in [0.29, 0.717) is 28.9 Å². The van der Waals surface area contributed by atoms with Gasteiger partial charge in [0.05, 0.1) is 6.26 Å². The number of aliphatic hydroxyl groups excluding tert-OH is 1. The smallest absolute Gasteiger partial charge is 0.127 e. The summed E-state index contributed by atoms with van der Waals surface area (Å²) in [6, 6.07) is 4.49. The molecule has 0 fully saturated rings. The number of aryl methyl sites for hydroxylation is 2. The molecule has 1 heterocycles. The van der Waals surface area contributed by atoms with Crippen LogP contribution >= 0.6 is 11.6 Å². The average molecular weight is 269 g/mol. The normalized spacial score (nSPS) is 12.7. The molecular weight excluding hydrogens is 255 g/mol. The molecule has 2 nitrogen and oxygen atoms in total. The Balaban J connectivity index is 2.46. The lowest BCUT2D eigenvalue weighted by atomic mass is 9.99. The van der Waals surface area contributed by atoms with Gasteiger partial charge in [0.1, 0.15) is 17.7 Å². The Labute approximate surface area is 110 Å². The van der Waals surface area contributed by atoms with Crippen molar-refractivity contribution >= 4 is 11.6 Å². The third kappa shape index (κ3) is 2.28. The molecule has 0 aliphatic heterocycles. The molecule has 1 aromatic heterocycles. The Kier molecular flexibility index (Phi) is 3.73. The zero-order valence-electron chi connectivity index (χ0n) is 10.2. The molecule has 1 atom stereocenters. The molecule has 0 aliphatic rings. The fraction of sp³-hybridized carbons (Fsp3) is 0.286. The van der Waals surface area contributed by atoms with Crippen molar-refractivity contribution in [2.75, 3.05) is 0 Å². The molecule has 4 heteroatoms. The summed E-state index contributed by atoms with van der Waals surface area (Å²) in [5.41, 5.74) is 1.62. The second-order valence-electron chi connectivity index (χ2n) is 4.18. The minimum Gasteiger partial charge on any atom is -0.469 e. The van der Waals surface area contributed by atoms with E-state index in [1.54, 1.807) is 19.1 Å². The van der Waals surface area contributed by atoms with Gasteiger partial charge in [-0.15, -0.1) is 0 Å². The summed E-state index contributed by atoms with van der Waals surface area (Å²) < 4.78 is 18.6. The van der Waals surface area contributed by atoms with Crippen LogP contribution in [0.1, 0.15) is 35.5 Å². The monoisotopic (exact) mass is 268 g/mol. The van der Waals surface area contributed by atoms with Gasteiger partial charge in [-0.1, -0.05) is 18.5 Å². The third-order valence-corrected chi connectivity index (χ3v) is 3.30. The van der Waals surface area contributed by atoms with Gasteiger partial charge in [-0.05, 0) is 30.7 Å². The van der Waals surface area contributed by atoms with Crippen LogP contribution < -0.4 is 0 Å². The Hall–Kier alpha value is -1.32. The zero-order chi connectivity index (χ0) is 13.3. The third-order valence-electron chi connectivity index (χ3n) is 2.97. The highest BCUT2D eigenvalue weighted by molar-refractivity contribution is 6.31. The van der Waals surface area contributed by atoms with Gasteiger partial charge in [0.25, 0.3) is 0 Å². The van der Waals surface area contributed by atoms with E-state index in [1.807, 2.05) is 6.92 Å². The summed E-state index contributed by atoms with van der Waals surface area (Å²) in [6.45, 7) is 3.57. The molecule has 18 heavy (non-hydrogen) atoms. The van der Waals surface area contributed by atoms with Crippen LogP contribution in [0.3, 0.4) is 0 Å². The van der Waals surface area contributed by atoms with Crippen molar-refractivity contribution in [2.45, 2.75) is 26.4 Å². The van der Waals surface area contributed by atoms with Crippen LogP contribution in [-0.2, 0) is 6.42 Å². The first-order chi connectivity index (χ1) is 8.54. The number of halogens is 2. The molecule has 1 unspecified atom stereocenters. The Bertz CT molecular complexity index is 563. The van der Waals surface area contributed by atoms with E-state index in [0.717, 1.165) is 0 Å². The highest BCUT2D eigenvalue weighted by Crippen LogP contribution is 2.32. The van der Waals surface area contributed by atoms with Crippen LogP contribution in [0.15, 0.2) is 28.9 Å². The summed E-state index contributed by atoms with van der Waals surface area (Å²) in [4.78, 5) is 0. The van der Waals surface area contributed by atoms with Crippen molar-refractivity contribution in [1.29, 1.82) is 0 Å². The van der Waals surface area contributed by atoms with Crippen LogP contribution in [0.2, 0.25) is 5.02 Å². The first-order valence-electron chi connectivity index (χ1n) is 5.74. The Morgan fingerprint density at radius 2 is 2.11 bits per heavy atom. The van der Waals surface area contributed by atoms with Crippen LogP contribution in [0.4, 0.5) is 4.39 Å². The van der Waals surface area contributed by atoms with Crippen molar-refractivity contribution in [3.63, 3.8) is 0 Å². The predicted molar refractivity (Wildman–Crippen MR) is 68.3 cm³/mol. The molecule has 0 saturated heterocycles. The van der Waals surface area contributed by atoms with Crippen molar-refractivity contribution < 1.29 is 13.9 Å². The Morgan fingerprint density at radius 3 is 2.78 bits per heavy atom. The first-order valence-corrected chi connectivity index (χ1v) is 6.12. The van der Waals surface area contributed by atoms with Crippen molar-refractivity contribution in [3.05, 3.63) is 57.8 Å². The first kappa shape index (κ1) is 13.1. The standard InChI is InChI=1S/C14H14ClFO2/c1-3-13-9(4-5-18-13)14(17)10-6-8(2)12(16)7-11(10)15/h4-7,14,17H,3H2,1-2H3. The van der Waals surface area contributed by atoms with Crippen molar-refractivity contribution in [1.82, 2.24) is 0 Å². The summed E-state index contributed by atoms with van der Waals surface area (Å²) in [5.74, 6) is 0.333. The molecule has 0 bridgehead atoms. The number of aliphatic hydroxyl groups is 1. The predicted octanol–water partition coefficient (Wildman–Crippen LogP) is 4.02. The van der Waals surface area contributed by atoms with Gasteiger partial charge in [-0.3, -0.25) is 0 Å².